The van der Waals surface area contributed by atoms with Gasteiger partial charge in [-0.1, -0.05) is 42.5 Å². The zero-order chi connectivity index (χ0) is 27.7. The van der Waals surface area contributed by atoms with E-state index < -0.39 is 10.0 Å². The monoisotopic (exact) mass is 549 g/mol. The Labute approximate surface area is 229 Å². The average molecular weight is 550 g/mol. The number of nitrogens with zero attached hydrogens (tertiary/aromatic N) is 3. The van der Waals surface area contributed by atoms with E-state index in [0.29, 0.717) is 32.2 Å². The summed E-state index contributed by atoms with van der Waals surface area (Å²) in [6.07, 6.45) is 2.28. The second-order valence-corrected chi connectivity index (χ2v) is 12.3. The first-order valence-corrected chi connectivity index (χ1v) is 14.9. The molecular weight excluding hydrogens is 514 g/mol. The molecule has 2 fully saturated rings. The van der Waals surface area contributed by atoms with Gasteiger partial charge in [0.1, 0.15) is 6.54 Å². The standard InChI is InChI=1S/C29H35N5O4S/c1-19-28(20(2)33(3)31-19)22-11-15-25(16-12-22)39(37,38)32-24-13-9-23(10-14-24)29(36)34-18-27(35)30-17-26(34)21-7-5-4-6-8-21/h4-8,11-12,15-16,23-24,26,32H,9-10,13-14,17-18H2,1-3H3,(H,30,35)/t23-,24-,26-/m1/s1. The molecule has 1 atom stereocenters. The van der Waals surface area contributed by atoms with Crippen molar-refractivity contribution in [1.82, 2.24) is 24.7 Å². The Balaban J connectivity index is 1.21. The van der Waals surface area contributed by atoms with Crippen LogP contribution in [-0.4, -0.2) is 54.0 Å². The molecule has 2 heterocycles. The topological polar surface area (TPSA) is 113 Å². The van der Waals surface area contributed by atoms with E-state index in [9.17, 15) is 18.0 Å². The number of nitrogens with one attached hydrogen (secondary N) is 2. The minimum absolute atomic E-state index is 0.0309. The van der Waals surface area contributed by atoms with Crippen LogP contribution in [0, 0.1) is 19.8 Å². The summed E-state index contributed by atoms with van der Waals surface area (Å²) in [5.41, 5.74) is 4.85. The predicted octanol–water partition coefficient (Wildman–Crippen LogP) is 3.24. The van der Waals surface area contributed by atoms with E-state index in [2.05, 4.69) is 15.1 Å². The van der Waals surface area contributed by atoms with Crippen LogP contribution < -0.4 is 10.0 Å². The number of sulfonamides is 1. The highest BCUT2D eigenvalue weighted by atomic mass is 32.2. The molecule has 3 aromatic rings. The van der Waals surface area contributed by atoms with Gasteiger partial charge in [-0.05, 0) is 62.8 Å². The van der Waals surface area contributed by atoms with Crippen LogP contribution in [0.5, 0.6) is 0 Å². The first kappa shape index (κ1) is 27.1. The van der Waals surface area contributed by atoms with Gasteiger partial charge in [-0.15, -0.1) is 0 Å². The van der Waals surface area contributed by atoms with Gasteiger partial charge in [0.2, 0.25) is 21.8 Å². The highest BCUT2D eigenvalue weighted by molar-refractivity contribution is 7.89. The number of rotatable bonds is 6. The maximum absolute atomic E-state index is 13.5. The van der Waals surface area contributed by atoms with Crippen molar-refractivity contribution < 1.29 is 18.0 Å². The molecule has 9 nitrogen and oxygen atoms in total. The molecule has 1 aliphatic heterocycles. The summed E-state index contributed by atoms with van der Waals surface area (Å²) in [5, 5.41) is 7.32. The number of aromatic nitrogens is 2. The van der Waals surface area contributed by atoms with Gasteiger partial charge >= 0.3 is 0 Å². The molecular formula is C29H35N5O4S. The number of aryl methyl sites for hydroxylation is 2. The van der Waals surface area contributed by atoms with Crippen molar-refractivity contribution >= 4 is 21.8 Å². The Morgan fingerprint density at radius 1 is 1.00 bits per heavy atom. The Bertz CT molecular complexity index is 1460. The molecule has 2 aromatic carbocycles. The maximum Gasteiger partial charge on any atom is 0.240 e. The molecule has 1 saturated carbocycles. The quantitative estimate of drug-likeness (QED) is 0.490. The number of hydrogen-bond acceptors (Lipinski definition) is 5. The van der Waals surface area contributed by atoms with Crippen molar-refractivity contribution in [2.75, 3.05) is 13.1 Å². The van der Waals surface area contributed by atoms with E-state index in [1.165, 1.54) is 0 Å². The number of hydrogen-bond donors (Lipinski definition) is 2. The lowest BCUT2D eigenvalue weighted by atomic mass is 9.85. The van der Waals surface area contributed by atoms with E-state index >= 15 is 0 Å². The number of piperazine rings is 1. The summed E-state index contributed by atoms with van der Waals surface area (Å²) in [4.78, 5) is 27.5. The zero-order valence-corrected chi connectivity index (χ0v) is 23.4. The summed E-state index contributed by atoms with van der Waals surface area (Å²) in [6, 6.07) is 16.2. The number of amides is 2. The largest absolute Gasteiger partial charge is 0.352 e. The molecule has 2 N–H and O–H groups in total. The van der Waals surface area contributed by atoms with Crippen LogP contribution in [0.1, 0.15) is 48.7 Å². The fourth-order valence-electron chi connectivity index (χ4n) is 5.82. The Morgan fingerprint density at radius 3 is 2.28 bits per heavy atom. The molecule has 1 saturated heterocycles. The van der Waals surface area contributed by atoms with Crippen molar-refractivity contribution in [3.05, 3.63) is 71.5 Å². The lowest BCUT2D eigenvalue weighted by Gasteiger charge is -2.39. The van der Waals surface area contributed by atoms with E-state index in [-0.39, 0.29) is 41.3 Å². The second kappa shape index (κ2) is 10.9. The Kier molecular flexibility index (Phi) is 7.59. The van der Waals surface area contributed by atoms with Crippen molar-refractivity contribution in [3.8, 4) is 11.1 Å². The van der Waals surface area contributed by atoms with Gasteiger partial charge in [0.05, 0.1) is 16.6 Å². The van der Waals surface area contributed by atoms with Gasteiger partial charge in [0, 0.05) is 36.8 Å². The van der Waals surface area contributed by atoms with Crippen LogP contribution in [0.15, 0.2) is 59.5 Å². The van der Waals surface area contributed by atoms with Gasteiger partial charge in [-0.3, -0.25) is 14.3 Å². The van der Waals surface area contributed by atoms with Crippen LogP contribution in [0.25, 0.3) is 11.1 Å². The molecule has 0 bridgehead atoms. The average Bonchev–Trinajstić information content (AvgIpc) is 3.19. The van der Waals surface area contributed by atoms with Crippen LogP contribution in [-0.2, 0) is 26.7 Å². The van der Waals surface area contributed by atoms with Gasteiger partial charge in [0.25, 0.3) is 0 Å². The normalized spacial score (nSPS) is 22.0. The molecule has 5 rings (SSSR count). The van der Waals surface area contributed by atoms with E-state index in [1.807, 2.05) is 68.0 Å². The molecule has 10 heteroatoms. The third-order valence-electron chi connectivity index (χ3n) is 8.01. The molecule has 2 aliphatic rings. The van der Waals surface area contributed by atoms with Crippen molar-refractivity contribution in [2.24, 2.45) is 13.0 Å². The van der Waals surface area contributed by atoms with Crippen LogP contribution in [0.2, 0.25) is 0 Å². The minimum Gasteiger partial charge on any atom is -0.352 e. The first-order chi connectivity index (χ1) is 18.6. The molecule has 1 aromatic heterocycles. The molecule has 0 radical (unpaired) electrons. The SMILES string of the molecule is Cc1nn(C)c(C)c1-c1ccc(S(=O)(=O)N[C@H]2CC[C@H](C(=O)N3CC(=O)NC[C@@H]3c3ccccc3)CC2)cc1. The molecule has 206 valence electrons. The minimum atomic E-state index is -3.70. The van der Waals surface area contributed by atoms with Crippen molar-refractivity contribution in [1.29, 1.82) is 0 Å². The zero-order valence-electron chi connectivity index (χ0n) is 22.6. The van der Waals surface area contributed by atoms with E-state index in [1.54, 1.807) is 17.0 Å². The van der Waals surface area contributed by atoms with Crippen LogP contribution in [0.4, 0.5) is 0 Å². The van der Waals surface area contributed by atoms with Gasteiger partial charge in [-0.2, -0.15) is 5.10 Å². The lowest BCUT2D eigenvalue weighted by molar-refractivity contribution is -0.145. The predicted molar refractivity (Wildman–Crippen MR) is 148 cm³/mol. The van der Waals surface area contributed by atoms with Crippen LogP contribution >= 0.6 is 0 Å². The first-order valence-electron chi connectivity index (χ1n) is 13.4. The third kappa shape index (κ3) is 5.62. The molecule has 0 spiro atoms. The van der Waals surface area contributed by atoms with E-state index in [4.69, 9.17) is 0 Å². The van der Waals surface area contributed by atoms with Gasteiger partial charge < -0.3 is 10.2 Å². The fraction of sp³-hybridized carbons (Fsp3) is 0.414. The maximum atomic E-state index is 13.5. The highest BCUT2D eigenvalue weighted by Gasteiger charge is 2.37. The smallest absolute Gasteiger partial charge is 0.240 e. The summed E-state index contributed by atoms with van der Waals surface area (Å²) >= 11 is 0. The van der Waals surface area contributed by atoms with Crippen LogP contribution in [0.3, 0.4) is 0 Å². The third-order valence-corrected chi connectivity index (χ3v) is 9.55. The number of benzene rings is 2. The van der Waals surface area contributed by atoms with Gasteiger partial charge in [0.15, 0.2) is 0 Å². The van der Waals surface area contributed by atoms with E-state index in [0.717, 1.165) is 28.1 Å². The molecule has 39 heavy (non-hydrogen) atoms. The number of carbonyl (C=O) groups excluding carboxylic acids is 2. The fourth-order valence-corrected chi connectivity index (χ4v) is 7.12. The second-order valence-electron chi connectivity index (χ2n) is 10.6. The molecule has 2 amide bonds. The summed E-state index contributed by atoms with van der Waals surface area (Å²) < 4.78 is 30.9. The summed E-state index contributed by atoms with van der Waals surface area (Å²) in [7, 11) is -1.81. The number of carbonyl (C=O) groups is 2. The Morgan fingerprint density at radius 2 is 1.67 bits per heavy atom. The highest BCUT2D eigenvalue weighted by Crippen LogP contribution is 2.32. The van der Waals surface area contributed by atoms with Gasteiger partial charge in [-0.25, -0.2) is 13.1 Å². The summed E-state index contributed by atoms with van der Waals surface area (Å²) in [6.45, 7) is 4.36. The molecule has 0 unspecified atom stereocenters. The lowest BCUT2D eigenvalue weighted by Crippen LogP contribution is -2.54. The van der Waals surface area contributed by atoms with Crippen molar-refractivity contribution in [2.45, 2.75) is 56.5 Å². The molecule has 1 aliphatic carbocycles. The summed E-state index contributed by atoms with van der Waals surface area (Å²) in [5.74, 6) is -0.415. The van der Waals surface area contributed by atoms with Crippen molar-refractivity contribution in [3.63, 3.8) is 0 Å². The Hall–Kier alpha value is -3.50.